The monoisotopic (exact) mass is 268 g/mol. The lowest BCUT2D eigenvalue weighted by Gasteiger charge is -2.22. The van der Waals surface area contributed by atoms with E-state index in [0.29, 0.717) is 5.02 Å². The summed E-state index contributed by atoms with van der Waals surface area (Å²) >= 11 is 6.03. The number of amides is 2. The van der Waals surface area contributed by atoms with E-state index in [0.717, 1.165) is 37.2 Å². The third-order valence-corrected chi connectivity index (χ3v) is 3.10. The Morgan fingerprint density at radius 1 is 1.28 bits per heavy atom. The zero-order chi connectivity index (χ0) is 13.5. The first-order chi connectivity index (χ1) is 8.58. The highest BCUT2D eigenvalue weighted by Crippen LogP contribution is 2.20. The van der Waals surface area contributed by atoms with Crippen LogP contribution in [0.2, 0.25) is 5.02 Å². The summed E-state index contributed by atoms with van der Waals surface area (Å²) in [6.07, 6.45) is 1.92. The summed E-state index contributed by atoms with van der Waals surface area (Å²) in [4.78, 5) is 13.9. The van der Waals surface area contributed by atoms with E-state index >= 15 is 0 Å². The molecule has 0 aliphatic heterocycles. The fraction of sp³-hybridized carbons (Fsp3) is 0.500. The Kier molecular flexibility index (Phi) is 5.99. The molecule has 0 saturated heterocycles. The van der Waals surface area contributed by atoms with Gasteiger partial charge in [0, 0.05) is 23.8 Å². The molecule has 0 aliphatic rings. The normalized spacial score (nSPS) is 10.2. The molecular formula is C14H21ClN2O. The Bertz CT molecular complexity index is 401. The summed E-state index contributed by atoms with van der Waals surface area (Å²) in [6, 6.07) is 5.50. The standard InChI is InChI=1S/C14H21ClN2O/c1-4-8-17(9-5-2)14(18)16-12-7-6-11(3)13(15)10-12/h6-7,10H,4-5,8-9H2,1-3H3,(H,16,18). The molecule has 0 bridgehead atoms. The van der Waals surface area contributed by atoms with Crippen LogP contribution in [0.5, 0.6) is 0 Å². The number of hydrogen-bond donors (Lipinski definition) is 1. The van der Waals surface area contributed by atoms with Gasteiger partial charge in [0.1, 0.15) is 0 Å². The molecule has 0 unspecified atom stereocenters. The van der Waals surface area contributed by atoms with Crippen molar-refractivity contribution in [2.75, 3.05) is 18.4 Å². The molecule has 100 valence electrons. The minimum Gasteiger partial charge on any atom is -0.325 e. The zero-order valence-electron chi connectivity index (χ0n) is 11.3. The molecule has 4 heteroatoms. The quantitative estimate of drug-likeness (QED) is 0.848. The third-order valence-electron chi connectivity index (χ3n) is 2.70. The largest absolute Gasteiger partial charge is 0.325 e. The molecule has 1 aromatic rings. The number of hydrogen-bond acceptors (Lipinski definition) is 1. The van der Waals surface area contributed by atoms with Crippen LogP contribution in [-0.4, -0.2) is 24.0 Å². The molecule has 3 nitrogen and oxygen atoms in total. The highest BCUT2D eigenvalue weighted by Gasteiger charge is 2.11. The second-order valence-corrected chi connectivity index (χ2v) is 4.79. The third kappa shape index (κ3) is 4.22. The number of aryl methyl sites for hydroxylation is 1. The van der Waals surface area contributed by atoms with Crippen LogP contribution in [0.3, 0.4) is 0 Å². The highest BCUT2D eigenvalue weighted by molar-refractivity contribution is 6.31. The van der Waals surface area contributed by atoms with Crippen LogP contribution in [0.25, 0.3) is 0 Å². The molecular weight excluding hydrogens is 248 g/mol. The van der Waals surface area contributed by atoms with Gasteiger partial charge in [-0.25, -0.2) is 4.79 Å². The van der Waals surface area contributed by atoms with Crippen molar-refractivity contribution in [2.24, 2.45) is 0 Å². The first-order valence-corrected chi connectivity index (χ1v) is 6.78. The van der Waals surface area contributed by atoms with E-state index < -0.39 is 0 Å². The molecule has 0 heterocycles. The van der Waals surface area contributed by atoms with Crippen LogP contribution in [0, 0.1) is 6.92 Å². The van der Waals surface area contributed by atoms with Gasteiger partial charge in [0.25, 0.3) is 0 Å². The van der Waals surface area contributed by atoms with E-state index in [1.807, 2.05) is 24.0 Å². The fourth-order valence-electron chi connectivity index (χ4n) is 1.73. The van der Waals surface area contributed by atoms with Gasteiger partial charge in [-0.15, -0.1) is 0 Å². The molecule has 0 spiro atoms. The maximum absolute atomic E-state index is 12.1. The molecule has 18 heavy (non-hydrogen) atoms. The molecule has 0 saturated carbocycles. The van der Waals surface area contributed by atoms with Crippen molar-refractivity contribution in [2.45, 2.75) is 33.6 Å². The molecule has 2 amide bonds. The lowest BCUT2D eigenvalue weighted by Crippen LogP contribution is -2.36. The van der Waals surface area contributed by atoms with E-state index in [1.165, 1.54) is 0 Å². The number of nitrogens with one attached hydrogen (secondary N) is 1. The maximum atomic E-state index is 12.1. The first kappa shape index (κ1) is 14.8. The van der Waals surface area contributed by atoms with Crippen molar-refractivity contribution in [3.8, 4) is 0 Å². The first-order valence-electron chi connectivity index (χ1n) is 6.40. The Labute approximate surface area is 114 Å². The van der Waals surface area contributed by atoms with Gasteiger partial charge < -0.3 is 10.2 Å². The average Bonchev–Trinajstić information content (AvgIpc) is 2.33. The van der Waals surface area contributed by atoms with Crippen LogP contribution in [0.4, 0.5) is 10.5 Å². The summed E-state index contributed by atoms with van der Waals surface area (Å²) in [5.41, 5.74) is 1.75. The number of halogens is 1. The lowest BCUT2D eigenvalue weighted by molar-refractivity contribution is 0.211. The van der Waals surface area contributed by atoms with Gasteiger partial charge in [0.15, 0.2) is 0 Å². The average molecular weight is 269 g/mol. The second kappa shape index (κ2) is 7.27. The second-order valence-electron chi connectivity index (χ2n) is 4.38. The molecule has 1 rings (SSSR count). The SMILES string of the molecule is CCCN(CCC)C(=O)Nc1ccc(C)c(Cl)c1. The number of nitrogens with zero attached hydrogens (tertiary/aromatic N) is 1. The zero-order valence-corrected chi connectivity index (χ0v) is 12.0. The van der Waals surface area contributed by atoms with E-state index in [1.54, 1.807) is 6.07 Å². The molecule has 1 N–H and O–H groups in total. The van der Waals surface area contributed by atoms with Crippen molar-refractivity contribution >= 4 is 23.3 Å². The van der Waals surface area contributed by atoms with Gasteiger partial charge in [0.2, 0.25) is 0 Å². The predicted molar refractivity (Wildman–Crippen MR) is 77.4 cm³/mol. The molecule has 0 aliphatic carbocycles. The van der Waals surface area contributed by atoms with Crippen molar-refractivity contribution in [3.05, 3.63) is 28.8 Å². The van der Waals surface area contributed by atoms with Crippen LogP contribution in [-0.2, 0) is 0 Å². The minimum atomic E-state index is -0.0568. The van der Waals surface area contributed by atoms with Gasteiger partial charge in [-0.3, -0.25) is 0 Å². The van der Waals surface area contributed by atoms with Gasteiger partial charge in [-0.05, 0) is 37.5 Å². The molecule has 0 fully saturated rings. The van der Waals surface area contributed by atoms with Crippen molar-refractivity contribution in [1.29, 1.82) is 0 Å². The fourth-order valence-corrected chi connectivity index (χ4v) is 1.91. The van der Waals surface area contributed by atoms with E-state index in [4.69, 9.17) is 11.6 Å². The summed E-state index contributed by atoms with van der Waals surface area (Å²) < 4.78 is 0. The number of carbonyl (C=O) groups is 1. The van der Waals surface area contributed by atoms with Crippen LogP contribution < -0.4 is 5.32 Å². The van der Waals surface area contributed by atoms with Crippen LogP contribution in [0.15, 0.2) is 18.2 Å². The van der Waals surface area contributed by atoms with E-state index in [9.17, 15) is 4.79 Å². The smallest absolute Gasteiger partial charge is 0.321 e. The Balaban J connectivity index is 2.69. The van der Waals surface area contributed by atoms with Gasteiger partial charge >= 0.3 is 6.03 Å². The number of urea groups is 1. The number of carbonyl (C=O) groups excluding carboxylic acids is 1. The summed E-state index contributed by atoms with van der Waals surface area (Å²) in [7, 11) is 0. The summed E-state index contributed by atoms with van der Waals surface area (Å²) in [5, 5.41) is 3.55. The number of rotatable bonds is 5. The topological polar surface area (TPSA) is 32.3 Å². The summed E-state index contributed by atoms with van der Waals surface area (Å²) in [5.74, 6) is 0. The van der Waals surface area contributed by atoms with Crippen molar-refractivity contribution in [3.63, 3.8) is 0 Å². The van der Waals surface area contributed by atoms with Gasteiger partial charge in [0.05, 0.1) is 0 Å². The Hall–Kier alpha value is -1.22. The molecule has 0 radical (unpaired) electrons. The Morgan fingerprint density at radius 2 is 1.89 bits per heavy atom. The van der Waals surface area contributed by atoms with Crippen LogP contribution >= 0.6 is 11.6 Å². The molecule has 0 aromatic heterocycles. The van der Waals surface area contributed by atoms with Gasteiger partial charge in [-0.2, -0.15) is 0 Å². The van der Waals surface area contributed by atoms with Crippen molar-refractivity contribution < 1.29 is 4.79 Å². The molecule has 0 atom stereocenters. The lowest BCUT2D eigenvalue weighted by atomic mass is 10.2. The van der Waals surface area contributed by atoms with Crippen LogP contribution in [0.1, 0.15) is 32.3 Å². The number of anilines is 1. The predicted octanol–water partition coefficient (Wildman–Crippen LogP) is 4.30. The van der Waals surface area contributed by atoms with Gasteiger partial charge in [-0.1, -0.05) is 31.5 Å². The van der Waals surface area contributed by atoms with E-state index in [2.05, 4.69) is 19.2 Å². The number of benzene rings is 1. The highest BCUT2D eigenvalue weighted by atomic mass is 35.5. The maximum Gasteiger partial charge on any atom is 0.321 e. The minimum absolute atomic E-state index is 0.0568. The van der Waals surface area contributed by atoms with E-state index in [-0.39, 0.29) is 6.03 Å². The van der Waals surface area contributed by atoms with Crippen molar-refractivity contribution in [1.82, 2.24) is 4.90 Å². The summed E-state index contributed by atoms with van der Waals surface area (Å²) in [6.45, 7) is 7.63. The molecule has 1 aromatic carbocycles. The Morgan fingerprint density at radius 3 is 2.39 bits per heavy atom.